The van der Waals surface area contributed by atoms with E-state index in [2.05, 4.69) is 139 Å². The number of fused-ring (bicyclic) bond motifs is 11. The van der Waals surface area contributed by atoms with E-state index in [4.69, 9.17) is 19.4 Å². The highest BCUT2D eigenvalue weighted by molar-refractivity contribution is 7.26. The normalized spacial score (nSPS) is 16.0. The Morgan fingerprint density at radius 1 is 0.661 bits per heavy atom. The summed E-state index contributed by atoms with van der Waals surface area (Å²) < 4.78 is 11.4. The van der Waals surface area contributed by atoms with Crippen molar-refractivity contribution in [2.75, 3.05) is 0 Å². The number of furan rings is 1. The lowest BCUT2D eigenvalue weighted by Gasteiger charge is -2.17. The number of thiophene rings is 1. The molecule has 3 aliphatic rings. The van der Waals surface area contributed by atoms with Crippen molar-refractivity contribution in [2.24, 2.45) is 5.92 Å². The maximum absolute atomic E-state index is 6.34. The first kappa shape index (κ1) is 35.6. The predicted molar refractivity (Wildman–Crippen MR) is 258 cm³/mol. The second-order valence-electron chi connectivity index (χ2n) is 16.9. The van der Waals surface area contributed by atoms with Crippen molar-refractivity contribution in [1.82, 2.24) is 19.5 Å². The van der Waals surface area contributed by atoms with Gasteiger partial charge in [0.25, 0.3) is 0 Å². The number of rotatable bonds is 5. The van der Waals surface area contributed by atoms with Crippen molar-refractivity contribution in [3.05, 3.63) is 179 Å². The van der Waals surface area contributed by atoms with Crippen LogP contribution in [0, 0.1) is 5.92 Å². The fourth-order valence-electron chi connectivity index (χ4n) is 10.3. The lowest BCUT2D eigenvalue weighted by atomic mass is 9.88. The second-order valence-corrected chi connectivity index (χ2v) is 18.0. The molecule has 0 amide bonds. The molecule has 0 aliphatic heterocycles. The fourth-order valence-corrected chi connectivity index (χ4v) is 11.5. The molecule has 6 aromatic carbocycles. The Morgan fingerprint density at radius 2 is 1.45 bits per heavy atom. The fraction of sp³-hybridized carbons (Fsp3) is 0.125. The molecule has 3 aliphatic carbocycles. The van der Waals surface area contributed by atoms with Gasteiger partial charge in [-0.1, -0.05) is 128 Å². The molecule has 6 heteroatoms. The Morgan fingerprint density at radius 3 is 2.34 bits per heavy atom. The van der Waals surface area contributed by atoms with Gasteiger partial charge in [-0.15, -0.1) is 11.3 Å². The quantitative estimate of drug-likeness (QED) is 0.174. The molecule has 1 unspecified atom stereocenters. The first-order chi connectivity index (χ1) is 30.6. The SMILES string of the molecule is CC1C=C(c2cc3c(c4c(n3-c3cccc5c3sc3cc(-c6nc(C7=c8c(oc9ccccc89)=CCC7)nc(-c7ccccc7)n6)ccc35)C=CCC4)c3ccccc23)C=CC1. The summed E-state index contributed by atoms with van der Waals surface area (Å²) in [4.78, 5) is 15.6. The van der Waals surface area contributed by atoms with Gasteiger partial charge in [0.1, 0.15) is 11.0 Å². The number of benzene rings is 6. The average molecular weight is 817 g/mol. The molecule has 0 saturated heterocycles. The highest BCUT2D eigenvalue weighted by atomic mass is 32.1. The van der Waals surface area contributed by atoms with Gasteiger partial charge in [0, 0.05) is 53.9 Å². The van der Waals surface area contributed by atoms with Crippen LogP contribution in [0.5, 0.6) is 0 Å². The van der Waals surface area contributed by atoms with E-state index in [0.717, 1.165) is 70.4 Å². The summed E-state index contributed by atoms with van der Waals surface area (Å²) in [6.45, 7) is 2.32. The van der Waals surface area contributed by atoms with Crippen molar-refractivity contribution in [3.63, 3.8) is 0 Å². The summed E-state index contributed by atoms with van der Waals surface area (Å²) >= 11 is 1.86. The summed E-state index contributed by atoms with van der Waals surface area (Å²) in [6, 6.07) is 43.6. The highest BCUT2D eigenvalue weighted by Crippen LogP contribution is 2.45. The van der Waals surface area contributed by atoms with E-state index in [1.54, 1.807) is 0 Å². The van der Waals surface area contributed by atoms with E-state index in [0.29, 0.717) is 23.4 Å². The van der Waals surface area contributed by atoms with Crippen LogP contribution >= 0.6 is 11.3 Å². The molecule has 296 valence electrons. The van der Waals surface area contributed by atoms with Crippen molar-refractivity contribution in [2.45, 2.75) is 39.0 Å². The van der Waals surface area contributed by atoms with Gasteiger partial charge < -0.3 is 8.98 Å². The molecule has 1 atom stereocenters. The van der Waals surface area contributed by atoms with Gasteiger partial charge in [-0.2, -0.15) is 0 Å². The van der Waals surface area contributed by atoms with Crippen molar-refractivity contribution < 1.29 is 4.42 Å². The number of hydrogen-bond donors (Lipinski definition) is 0. The molecular weight excluding hydrogens is 777 g/mol. The zero-order valence-corrected chi connectivity index (χ0v) is 35.0. The van der Waals surface area contributed by atoms with Gasteiger partial charge in [-0.05, 0) is 102 Å². The van der Waals surface area contributed by atoms with E-state index >= 15 is 0 Å². The first-order valence-corrected chi connectivity index (χ1v) is 22.6. The number of aryl methyl sites for hydroxylation is 1. The summed E-state index contributed by atoms with van der Waals surface area (Å²) in [6.07, 6.45) is 18.9. The molecule has 0 bridgehead atoms. The minimum Gasteiger partial charge on any atom is -0.456 e. The molecule has 62 heavy (non-hydrogen) atoms. The van der Waals surface area contributed by atoms with Crippen LogP contribution in [0.2, 0.25) is 0 Å². The third-order valence-electron chi connectivity index (χ3n) is 13.1. The van der Waals surface area contributed by atoms with E-state index in [-0.39, 0.29) is 0 Å². The van der Waals surface area contributed by atoms with Gasteiger partial charge in [0.2, 0.25) is 0 Å². The van der Waals surface area contributed by atoms with Gasteiger partial charge in [0.15, 0.2) is 17.5 Å². The maximum atomic E-state index is 6.34. The van der Waals surface area contributed by atoms with Crippen LogP contribution in [0.4, 0.5) is 0 Å². The number of para-hydroxylation sites is 1. The summed E-state index contributed by atoms with van der Waals surface area (Å²) in [5, 5.41) is 8.70. The molecule has 4 heterocycles. The van der Waals surface area contributed by atoms with E-state index in [1.807, 2.05) is 41.7 Å². The van der Waals surface area contributed by atoms with E-state index in [1.165, 1.54) is 69.9 Å². The maximum Gasteiger partial charge on any atom is 0.164 e. The molecule has 10 aromatic rings. The molecule has 5 nitrogen and oxygen atoms in total. The van der Waals surface area contributed by atoms with Crippen LogP contribution in [-0.4, -0.2) is 19.5 Å². The molecule has 0 N–H and O–H groups in total. The third kappa shape index (κ3) is 5.49. The molecule has 4 aromatic heterocycles. The Labute approximate surface area is 362 Å². The van der Waals surface area contributed by atoms with Gasteiger partial charge >= 0.3 is 0 Å². The molecule has 0 fully saturated rings. The second kappa shape index (κ2) is 13.9. The monoisotopic (exact) mass is 816 g/mol. The minimum atomic E-state index is 0.507. The largest absolute Gasteiger partial charge is 0.456 e. The van der Waals surface area contributed by atoms with Crippen LogP contribution in [0.1, 0.15) is 55.3 Å². The van der Waals surface area contributed by atoms with Crippen molar-refractivity contribution in [3.8, 4) is 28.5 Å². The first-order valence-electron chi connectivity index (χ1n) is 21.8. The van der Waals surface area contributed by atoms with Gasteiger partial charge in [-0.25, -0.2) is 15.0 Å². The van der Waals surface area contributed by atoms with E-state index in [9.17, 15) is 0 Å². The summed E-state index contributed by atoms with van der Waals surface area (Å²) in [7, 11) is 0. The van der Waals surface area contributed by atoms with Crippen LogP contribution in [0.3, 0.4) is 0 Å². The number of aromatic nitrogens is 4. The van der Waals surface area contributed by atoms with Crippen LogP contribution in [0.25, 0.3) is 105 Å². The van der Waals surface area contributed by atoms with Crippen LogP contribution in [-0.2, 0) is 6.42 Å². The Balaban J connectivity index is 1.02. The zero-order valence-electron chi connectivity index (χ0n) is 34.2. The Kier molecular flexibility index (Phi) is 8.01. The molecular formula is C56H40N4OS. The van der Waals surface area contributed by atoms with Gasteiger partial charge in [-0.3, -0.25) is 0 Å². The molecule has 0 saturated carbocycles. The molecule has 0 spiro atoms. The molecule has 0 radical (unpaired) electrons. The van der Waals surface area contributed by atoms with Crippen molar-refractivity contribution in [1.29, 1.82) is 0 Å². The topological polar surface area (TPSA) is 56.7 Å². The smallest absolute Gasteiger partial charge is 0.164 e. The zero-order chi connectivity index (χ0) is 40.9. The molecule has 13 rings (SSSR count). The minimum absolute atomic E-state index is 0.507. The summed E-state index contributed by atoms with van der Waals surface area (Å²) in [5.74, 6) is 2.54. The Hall–Kier alpha value is -7.15. The third-order valence-corrected chi connectivity index (χ3v) is 14.3. The van der Waals surface area contributed by atoms with Gasteiger partial charge in [0.05, 0.1) is 15.9 Å². The van der Waals surface area contributed by atoms with E-state index < -0.39 is 0 Å². The number of hydrogen-bond acceptors (Lipinski definition) is 5. The number of allylic oxidation sites excluding steroid dienone is 5. The number of nitrogens with zero attached hydrogens (tertiary/aromatic N) is 4. The lowest BCUT2D eigenvalue weighted by Crippen LogP contribution is -2.27. The lowest BCUT2D eigenvalue weighted by molar-refractivity contribution is 0.571. The van der Waals surface area contributed by atoms with Crippen LogP contribution < -0.4 is 10.6 Å². The predicted octanol–water partition coefficient (Wildman–Crippen LogP) is 13.1. The van der Waals surface area contributed by atoms with Crippen molar-refractivity contribution >= 4 is 87.5 Å². The van der Waals surface area contributed by atoms with Crippen LogP contribution in [0.15, 0.2) is 150 Å². The highest BCUT2D eigenvalue weighted by Gasteiger charge is 2.25. The standard InChI is InChI=1S/C56H40N4OS/c1-33-14-11-17-35(30-33)44-32-47-51(39-19-6-5-18-37(39)44)41-20-7-9-24-45(41)60(47)46-25-12-22-40-38-29-28-36(31-50(38)62-53(40)46)55-57-54(34-15-3-2-4-16-34)58-56(59-55)43-23-13-27-49-52(43)42-21-8-10-26-48(42)61-49/h2-6,8-12,15-19,21-22,24-33H,7,13-14,20,23H2,1H3. The Bertz CT molecular complexity index is 3750. The summed E-state index contributed by atoms with van der Waals surface area (Å²) in [5.41, 5.74) is 12.6. The average Bonchev–Trinajstić information content (AvgIpc) is 4.01.